The maximum Gasteiger partial charge on any atom is 0.323 e. The van der Waals surface area contributed by atoms with Gasteiger partial charge in [0, 0.05) is 32.2 Å². The second kappa shape index (κ2) is 6.86. The molecule has 1 heterocycles. The number of amides is 2. The first kappa shape index (κ1) is 14.3. The lowest BCUT2D eigenvalue weighted by Gasteiger charge is -2.32. The third kappa shape index (κ3) is 4.47. The van der Waals surface area contributed by atoms with Crippen LogP contribution >= 0.6 is 0 Å². The highest BCUT2D eigenvalue weighted by molar-refractivity contribution is 6.35. The summed E-state index contributed by atoms with van der Waals surface area (Å²) in [5, 5.41) is 4.65. The van der Waals surface area contributed by atoms with Gasteiger partial charge in [0.1, 0.15) is 0 Å². The average molecular weight is 268 g/mol. The van der Waals surface area contributed by atoms with Gasteiger partial charge < -0.3 is 10.2 Å². The van der Waals surface area contributed by atoms with Gasteiger partial charge in [-0.15, -0.1) is 0 Å². The third-order valence-electron chi connectivity index (χ3n) is 3.91. The summed E-state index contributed by atoms with van der Waals surface area (Å²) in [5.41, 5.74) is 2.68. The summed E-state index contributed by atoms with van der Waals surface area (Å²) in [6.07, 6.45) is 5.51. The van der Waals surface area contributed by atoms with Crippen LogP contribution in [0.2, 0.25) is 0 Å². The van der Waals surface area contributed by atoms with Crippen molar-refractivity contribution >= 4 is 11.8 Å². The number of carbonyl (C=O) groups excluding carboxylic acids is 2. The molecule has 19 heavy (non-hydrogen) atoms. The van der Waals surface area contributed by atoms with Gasteiger partial charge in [0.05, 0.1) is 0 Å². The van der Waals surface area contributed by atoms with E-state index < -0.39 is 11.8 Å². The summed E-state index contributed by atoms with van der Waals surface area (Å²) >= 11 is 0. The van der Waals surface area contributed by atoms with Crippen LogP contribution in [0.15, 0.2) is 0 Å². The van der Waals surface area contributed by atoms with Crippen LogP contribution in [-0.4, -0.2) is 61.0 Å². The Morgan fingerprint density at radius 2 is 1.58 bits per heavy atom. The van der Waals surface area contributed by atoms with E-state index in [0.29, 0.717) is 0 Å². The number of piperazine rings is 1. The Balaban J connectivity index is 1.71. The summed E-state index contributed by atoms with van der Waals surface area (Å²) < 4.78 is 0. The largest absolute Gasteiger partial charge is 0.345 e. The predicted molar refractivity (Wildman–Crippen MR) is 72.2 cm³/mol. The number of hydrogen-bond donors (Lipinski definition) is 2. The molecule has 1 aliphatic heterocycles. The minimum atomic E-state index is -0.532. The van der Waals surface area contributed by atoms with Crippen molar-refractivity contribution in [2.75, 3.05) is 33.2 Å². The topological polar surface area (TPSA) is 64.7 Å². The van der Waals surface area contributed by atoms with Gasteiger partial charge in [0.25, 0.3) is 0 Å². The number of hydrogen-bond acceptors (Lipinski definition) is 4. The van der Waals surface area contributed by atoms with E-state index in [-0.39, 0.29) is 6.04 Å². The van der Waals surface area contributed by atoms with E-state index in [1.54, 1.807) is 0 Å². The van der Waals surface area contributed by atoms with E-state index in [4.69, 9.17) is 0 Å². The summed E-state index contributed by atoms with van der Waals surface area (Å²) in [6.45, 7) is 3.34. The average Bonchev–Trinajstić information content (AvgIpc) is 2.42. The molecular formula is C13H24N4O2. The molecule has 0 unspecified atom stereocenters. The molecule has 6 nitrogen and oxygen atoms in total. The van der Waals surface area contributed by atoms with Gasteiger partial charge in [-0.25, -0.2) is 5.01 Å². The summed E-state index contributed by atoms with van der Waals surface area (Å²) in [5.74, 6) is -1.03. The normalized spacial score (nSPS) is 23.0. The fourth-order valence-corrected chi connectivity index (χ4v) is 2.61. The minimum absolute atomic E-state index is 0.180. The Morgan fingerprint density at radius 3 is 2.21 bits per heavy atom. The van der Waals surface area contributed by atoms with E-state index in [2.05, 4.69) is 22.7 Å². The lowest BCUT2D eigenvalue weighted by Crippen LogP contribution is -2.56. The lowest BCUT2D eigenvalue weighted by molar-refractivity contribution is -0.143. The van der Waals surface area contributed by atoms with Gasteiger partial charge in [-0.2, -0.15) is 0 Å². The van der Waals surface area contributed by atoms with Crippen LogP contribution in [0, 0.1) is 0 Å². The second-order valence-electron chi connectivity index (χ2n) is 5.54. The number of nitrogens with zero attached hydrogens (tertiary/aromatic N) is 2. The molecule has 1 aliphatic carbocycles. The maximum atomic E-state index is 11.8. The first-order chi connectivity index (χ1) is 9.15. The molecule has 6 heteroatoms. The van der Waals surface area contributed by atoms with E-state index >= 15 is 0 Å². The van der Waals surface area contributed by atoms with Crippen LogP contribution in [0.25, 0.3) is 0 Å². The molecule has 0 spiro atoms. The maximum absolute atomic E-state index is 11.8. The molecule has 1 saturated heterocycles. The van der Waals surface area contributed by atoms with E-state index in [9.17, 15) is 9.59 Å². The Labute approximate surface area is 114 Å². The number of rotatable bonds is 2. The highest BCUT2D eigenvalue weighted by Gasteiger charge is 2.23. The van der Waals surface area contributed by atoms with Crippen LogP contribution in [0.4, 0.5) is 0 Å². The fraction of sp³-hybridized carbons (Fsp3) is 0.846. The quantitative estimate of drug-likeness (QED) is 0.676. The van der Waals surface area contributed by atoms with E-state index in [0.717, 1.165) is 51.9 Å². The molecular weight excluding hydrogens is 244 g/mol. The molecule has 0 aromatic heterocycles. The molecule has 1 saturated carbocycles. The Morgan fingerprint density at radius 1 is 0.947 bits per heavy atom. The van der Waals surface area contributed by atoms with E-state index in [1.165, 1.54) is 6.42 Å². The van der Waals surface area contributed by atoms with Gasteiger partial charge in [0.15, 0.2) is 0 Å². The zero-order valence-electron chi connectivity index (χ0n) is 11.7. The minimum Gasteiger partial charge on any atom is -0.345 e. The van der Waals surface area contributed by atoms with Crippen LogP contribution in [-0.2, 0) is 9.59 Å². The van der Waals surface area contributed by atoms with Gasteiger partial charge in [0.2, 0.25) is 0 Å². The standard InChI is InChI=1S/C13H24N4O2/c1-16-7-9-17(10-8-16)15-13(19)12(18)14-11-5-3-2-4-6-11/h11H,2-10H2,1H3,(H,14,18)(H,15,19). The van der Waals surface area contributed by atoms with Gasteiger partial charge in [-0.3, -0.25) is 15.0 Å². The van der Waals surface area contributed by atoms with Crippen molar-refractivity contribution in [2.45, 2.75) is 38.1 Å². The molecule has 0 atom stereocenters. The van der Waals surface area contributed by atoms with Gasteiger partial charge >= 0.3 is 11.8 Å². The molecule has 108 valence electrons. The molecule has 0 aromatic rings. The Hall–Kier alpha value is -1.14. The molecule has 0 radical (unpaired) electrons. The highest BCUT2D eigenvalue weighted by Crippen LogP contribution is 2.17. The SMILES string of the molecule is CN1CCN(NC(=O)C(=O)NC2CCCCC2)CC1. The van der Waals surface area contributed by atoms with Crippen molar-refractivity contribution in [3.8, 4) is 0 Å². The summed E-state index contributed by atoms with van der Waals surface area (Å²) in [6, 6.07) is 0.180. The highest BCUT2D eigenvalue weighted by atomic mass is 16.2. The second-order valence-corrected chi connectivity index (χ2v) is 5.54. The molecule has 2 aliphatic rings. The first-order valence-corrected chi connectivity index (χ1v) is 7.20. The van der Waals surface area contributed by atoms with Gasteiger partial charge in [-0.05, 0) is 19.9 Å². The van der Waals surface area contributed by atoms with Crippen LogP contribution in [0.3, 0.4) is 0 Å². The zero-order valence-corrected chi connectivity index (χ0v) is 11.7. The number of hydrazine groups is 1. The molecule has 2 fully saturated rings. The summed E-state index contributed by atoms with van der Waals surface area (Å²) in [4.78, 5) is 25.8. The third-order valence-corrected chi connectivity index (χ3v) is 3.91. The molecule has 0 aromatic carbocycles. The van der Waals surface area contributed by atoms with E-state index in [1.807, 2.05) is 5.01 Å². The van der Waals surface area contributed by atoms with Crippen molar-refractivity contribution in [3.05, 3.63) is 0 Å². The van der Waals surface area contributed by atoms with Crippen molar-refractivity contribution in [2.24, 2.45) is 0 Å². The monoisotopic (exact) mass is 268 g/mol. The predicted octanol–water partition coefficient (Wildman–Crippen LogP) is -0.286. The van der Waals surface area contributed by atoms with Crippen LogP contribution in [0.5, 0.6) is 0 Å². The number of nitrogens with one attached hydrogen (secondary N) is 2. The summed E-state index contributed by atoms with van der Waals surface area (Å²) in [7, 11) is 2.05. The zero-order chi connectivity index (χ0) is 13.7. The molecule has 2 N–H and O–H groups in total. The smallest absolute Gasteiger partial charge is 0.323 e. The Kier molecular flexibility index (Phi) is 5.15. The van der Waals surface area contributed by atoms with Crippen LogP contribution < -0.4 is 10.7 Å². The first-order valence-electron chi connectivity index (χ1n) is 7.20. The van der Waals surface area contributed by atoms with Gasteiger partial charge in [-0.1, -0.05) is 19.3 Å². The van der Waals surface area contributed by atoms with Crippen LogP contribution in [0.1, 0.15) is 32.1 Å². The van der Waals surface area contributed by atoms with Crippen molar-refractivity contribution in [3.63, 3.8) is 0 Å². The van der Waals surface area contributed by atoms with Crippen molar-refractivity contribution < 1.29 is 9.59 Å². The lowest BCUT2D eigenvalue weighted by atomic mass is 9.95. The van der Waals surface area contributed by atoms with Crippen molar-refractivity contribution in [1.82, 2.24) is 20.7 Å². The molecule has 2 rings (SSSR count). The fourth-order valence-electron chi connectivity index (χ4n) is 2.61. The number of carbonyl (C=O) groups is 2. The van der Waals surface area contributed by atoms with Crippen molar-refractivity contribution in [1.29, 1.82) is 0 Å². The molecule has 0 bridgehead atoms. The number of likely N-dealkylation sites (N-methyl/N-ethyl adjacent to an activating group) is 1. The molecule has 2 amide bonds. The Bertz CT molecular complexity index is 321.